The zero-order valence-electron chi connectivity index (χ0n) is 10.7. The lowest BCUT2D eigenvalue weighted by molar-refractivity contribution is 0.0954. The molecule has 20 heavy (non-hydrogen) atoms. The van der Waals surface area contributed by atoms with E-state index in [2.05, 4.69) is 15.5 Å². The minimum Gasteiger partial charge on any atom is -0.507 e. The van der Waals surface area contributed by atoms with Crippen molar-refractivity contribution in [1.82, 2.24) is 10.4 Å². The lowest BCUT2D eigenvalue weighted by Gasteiger charge is -2.01. The summed E-state index contributed by atoms with van der Waals surface area (Å²) in [6.45, 7) is 1.84. The Bertz CT molecular complexity index is 654. The van der Waals surface area contributed by atoms with Gasteiger partial charge in [0.1, 0.15) is 5.75 Å². The molecule has 1 heterocycles. The first-order valence-electron chi connectivity index (χ1n) is 5.81. The van der Waals surface area contributed by atoms with Crippen molar-refractivity contribution in [1.29, 1.82) is 0 Å². The van der Waals surface area contributed by atoms with Crippen LogP contribution in [0.2, 0.25) is 5.02 Å². The Morgan fingerprint density at radius 2 is 2.20 bits per heavy atom. The molecule has 0 radical (unpaired) electrons. The van der Waals surface area contributed by atoms with Crippen molar-refractivity contribution in [2.24, 2.45) is 5.10 Å². The van der Waals surface area contributed by atoms with Crippen LogP contribution in [0.5, 0.6) is 5.75 Å². The van der Waals surface area contributed by atoms with E-state index < -0.39 is 0 Å². The van der Waals surface area contributed by atoms with Crippen LogP contribution in [0.1, 0.15) is 21.6 Å². The Balaban J connectivity index is 2.04. The highest BCUT2D eigenvalue weighted by Gasteiger charge is 2.04. The third-order valence-corrected chi connectivity index (χ3v) is 2.77. The molecular weight excluding hydrogens is 278 g/mol. The van der Waals surface area contributed by atoms with Gasteiger partial charge in [0, 0.05) is 22.5 Å². The highest BCUT2D eigenvalue weighted by atomic mass is 35.5. The van der Waals surface area contributed by atoms with Gasteiger partial charge in [-0.2, -0.15) is 5.10 Å². The number of amides is 1. The smallest absolute Gasteiger partial charge is 0.272 e. The van der Waals surface area contributed by atoms with Gasteiger partial charge in [-0.3, -0.25) is 9.78 Å². The molecule has 0 aliphatic heterocycles. The molecule has 1 amide bonds. The minimum absolute atomic E-state index is 0.0319. The van der Waals surface area contributed by atoms with E-state index in [0.717, 1.165) is 5.69 Å². The Morgan fingerprint density at radius 3 is 2.90 bits per heavy atom. The first-order chi connectivity index (χ1) is 9.56. The van der Waals surface area contributed by atoms with Gasteiger partial charge >= 0.3 is 0 Å². The fraction of sp³-hybridized carbons (Fsp3) is 0.0714. The number of carbonyl (C=O) groups excluding carboxylic acids is 1. The number of pyridine rings is 1. The van der Waals surface area contributed by atoms with Gasteiger partial charge in [-0.25, -0.2) is 5.43 Å². The summed E-state index contributed by atoms with van der Waals surface area (Å²) in [7, 11) is 0. The van der Waals surface area contributed by atoms with E-state index in [0.29, 0.717) is 16.1 Å². The number of nitrogens with one attached hydrogen (secondary N) is 1. The molecule has 102 valence electrons. The van der Waals surface area contributed by atoms with Crippen LogP contribution in [0.15, 0.2) is 41.6 Å². The summed E-state index contributed by atoms with van der Waals surface area (Å²) in [6, 6.07) is 7.95. The van der Waals surface area contributed by atoms with Crippen molar-refractivity contribution < 1.29 is 9.90 Å². The number of aromatic nitrogens is 1. The van der Waals surface area contributed by atoms with E-state index in [-0.39, 0.29) is 11.7 Å². The van der Waals surface area contributed by atoms with E-state index >= 15 is 0 Å². The number of aryl methyl sites for hydroxylation is 1. The van der Waals surface area contributed by atoms with Crippen molar-refractivity contribution in [3.05, 3.63) is 58.4 Å². The fourth-order valence-corrected chi connectivity index (χ4v) is 1.64. The standard InChI is InChI=1S/C14H12ClN3O2/c1-9-2-3-10(7-16-9)14(20)18-17-8-11-6-12(15)4-5-13(11)19/h2-8,19H,1H3,(H,18,20). The largest absolute Gasteiger partial charge is 0.507 e. The van der Waals surface area contributed by atoms with Crippen molar-refractivity contribution in [3.63, 3.8) is 0 Å². The zero-order chi connectivity index (χ0) is 14.5. The Kier molecular flexibility index (Phi) is 4.32. The number of carbonyl (C=O) groups is 1. The SMILES string of the molecule is Cc1ccc(C(=O)NN=Cc2cc(Cl)ccc2O)cn1. The van der Waals surface area contributed by atoms with Gasteiger partial charge in [0.2, 0.25) is 0 Å². The number of phenols is 1. The predicted molar refractivity (Wildman–Crippen MR) is 77.2 cm³/mol. The average Bonchev–Trinajstić information content (AvgIpc) is 2.43. The second-order valence-electron chi connectivity index (χ2n) is 4.09. The molecule has 2 N–H and O–H groups in total. The summed E-state index contributed by atoms with van der Waals surface area (Å²) in [5.41, 5.74) is 4.00. The maximum absolute atomic E-state index is 11.7. The van der Waals surface area contributed by atoms with Crippen LogP contribution in [-0.4, -0.2) is 22.2 Å². The molecular formula is C14H12ClN3O2. The summed E-state index contributed by atoms with van der Waals surface area (Å²) >= 11 is 5.80. The fourth-order valence-electron chi connectivity index (χ4n) is 1.46. The number of nitrogens with zero attached hydrogens (tertiary/aromatic N) is 2. The lowest BCUT2D eigenvalue weighted by atomic mass is 10.2. The van der Waals surface area contributed by atoms with Crippen molar-refractivity contribution in [3.8, 4) is 5.75 Å². The lowest BCUT2D eigenvalue weighted by Crippen LogP contribution is -2.17. The highest BCUT2D eigenvalue weighted by Crippen LogP contribution is 2.19. The summed E-state index contributed by atoms with van der Waals surface area (Å²) in [5.74, 6) is -0.348. The van der Waals surface area contributed by atoms with Crippen LogP contribution >= 0.6 is 11.6 Å². The maximum Gasteiger partial charge on any atom is 0.272 e. The second-order valence-corrected chi connectivity index (χ2v) is 4.53. The molecule has 0 unspecified atom stereocenters. The Labute approximate surface area is 120 Å². The molecule has 0 saturated heterocycles. The number of halogens is 1. The number of phenolic OH excluding ortho intramolecular Hbond substituents is 1. The first-order valence-corrected chi connectivity index (χ1v) is 6.18. The van der Waals surface area contributed by atoms with E-state index in [4.69, 9.17) is 11.6 Å². The van der Waals surface area contributed by atoms with Crippen LogP contribution < -0.4 is 5.43 Å². The van der Waals surface area contributed by atoms with Crippen LogP contribution in [0, 0.1) is 6.92 Å². The number of hydrogen-bond donors (Lipinski definition) is 2. The van der Waals surface area contributed by atoms with Crippen molar-refractivity contribution >= 4 is 23.7 Å². The summed E-state index contributed by atoms with van der Waals surface area (Å²) < 4.78 is 0. The quantitative estimate of drug-likeness (QED) is 0.673. The molecule has 0 atom stereocenters. The first kappa shape index (κ1) is 14.0. The molecule has 0 aliphatic carbocycles. The predicted octanol–water partition coefficient (Wildman–Crippen LogP) is 2.51. The van der Waals surface area contributed by atoms with Crippen LogP contribution in [-0.2, 0) is 0 Å². The van der Waals surface area contributed by atoms with E-state index in [9.17, 15) is 9.90 Å². The van der Waals surface area contributed by atoms with Gasteiger partial charge < -0.3 is 5.11 Å². The molecule has 0 saturated carbocycles. The monoisotopic (exact) mass is 289 g/mol. The Morgan fingerprint density at radius 1 is 1.40 bits per heavy atom. The van der Waals surface area contributed by atoms with Crippen LogP contribution in [0.3, 0.4) is 0 Å². The zero-order valence-corrected chi connectivity index (χ0v) is 11.4. The van der Waals surface area contributed by atoms with Crippen molar-refractivity contribution in [2.45, 2.75) is 6.92 Å². The molecule has 0 aliphatic rings. The molecule has 0 bridgehead atoms. The molecule has 6 heteroatoms. The number of benzene rings is 1. The maximum atomic E-state index is 11.7. The van der Waals surface area contributed by atoms with E-state index in [1.165, 1.54) is 18.5 Å². The summed E-state index contributed by atoms with van der Waals surface area (Å²) in [6.07, 6.45) is 2.79. The molecule has 1 aromatic heterocycles. The van der Waals surface area contributed by atoms with Crippen molar-refractivity contribution in [2.75, 3.05) is 0 Å². The summed E-state index contributed by atoms with van der Waals surface area (Å²) in [4.78, 5) is 15.8. The van der Waals surface area contributed by atoms with Gasteiger partial charge in [-0.15, -0.1) is 0 Å². The third kappa shape index (κ3) is 3.55. The molecule has 0 fully saturated rings. The van der Waals surface area contributed by atoms with Gasteiger partial charge in [0.25, 0.3) is 5.91 Å². The molecule has 5 nitrogen and oxygen atoms in total. The molecule has 1 aromatic carbocycles. The molecule has 2 aromatic rings. The normalized spacial score (nSPS) is 10.7. The number of hydrazone groups is 1. The van der Waals surface area contributed by atoms with E-state index in [1.807, 2.05) is 6.92 Å². The van der Waals surface area contributed by atoms with Gasteiger partial charge in [-0.05, 0) is 37.3 Å². The number of rotatable bonds is 3. The molecule has 0 spiro atoms. The van der Waals surface area contributed by atoms with Gasteiger partial charge in [0.15, 0.2) is 0 Å². The number of hydrogen-bond acceptors (Lipinski definition) is 4. The topological polar surface area (TPSA) is 74.6 Å². The number of aromatic hydroxyl groups is 1. The Hall–Kier alpha value is -2.40. The van der Waals surface area contributed by atoms with Gasteiger partial charge in [0.05, 0.1) is 11.8 Å². The second kappa shape index (κ2) is 6.16. The average molecular weight is 290 g/mol. The molecule has 2 rings (SSSR count). The third-order valence-electron chi connectivity index (χ3n) is 2.53. The van der Waals surface area contributed by atoms with Crippen LogP contribution in [0.25, 0.3) is 0 Å². The van der Waals surface area contributed by atoms with Gasteiger partial charge in [-0.1, -0.05) is 11.6 Å². The van der Waals surface area contributed by atoms with Crippen LogP contribution in [0.4, 0.5) is 0 Å². The minimum atomic E-state index is -0.379. The highest BCUT2D eigenvalue weighted by molar-refractivity contribution is 6.30. The van der Waals surface area contributed by atoms with E-state index in [1.54, 1.807) is 24.3 Å². The summed E-state index contributed by atoms with van der Waals surface area (Å²) in [5, 5.41) is 13.8.